The summed E-state index contributed by atoms with van der Waals surface area (Å²) in [6.45, 7) is 5.72. The van der Waals surface area contributed by atoms with Crippen LogP contribution in [0.3, 0.4) is 0 Å². The first-order chi connectivity index (χ1) is 7.34. The van der Waals surface area contributed by atoms with E-state index in [0.717, 1.165) is 11.1 Å². The summed E-state index contributed by atoms with van der Waals surface area (Å²) >= 11 is 0. The minimum atomic E-state index is -0.546. The number of carbonyl (C=O) groups excluding carboxylic acids is 1. The lowest BCUT2D eigenvalue weighted by molar-refractivity contribution is 0.202. The summed E-state index contributed by atoms with van der Waals surface area (Å²) < 4.78 is 5.15. The van der Waals surface area contributed by atoms with Crippen LogP contribution >= 0.6 is 0 Å². The fourth-order valence-electron chi connectivity index (χ4n) is 1.39. The zero-order valence-electron chi connectivity index (χ0n) is 10.1. The minimum absolute atomic E-state index is 0.491. The van der Waals surface area contributed by atoms with E-state index in [2.05, 4.69) is 5.32 Å². The van der Waals surface area contributed by atoms with Gasteiger partial charge >= 0.3 is 6.09 Å². The molecule has 4 heteroatoms. The van der Waals surface area contributed by atoms with E-state index < -0.39 is 11.6 Å². The standard InChI is InChI=1S/C12H18N2O2/c1-8-5-6-10(16-11(15)14-4)9(7-8)12(2,3)13/h5-7H,13H2,1-4H3,(H,14,15). The van der Waals surface area contributed by atoms with Gasteiger partial charge in [0.1, 0.15) is 5.75 Å². The third kappa shape index (κ3) is 2.97. The molecule has 3 N–H and O–H groups in total. The van der Waals surface area contributed by atoms with Crippen LogP contribution < -0.4 is 15.8 Å². The lowest BCUT2D eigenvalue weighted by Gasteiger charge is -2.22. The smallest absolute Gasteiger partial charge is 0.410 e. The van der Waals surface area contributed by atoms with Gasteiger partial charge in [-0.2, -0.15) is 0 Å². The highest BCUT2D eigenvalue weighted by Crippen LogP contribution is 2.28. The molecule has 1 aromatic rings. The van der Waals surface area contributed by atoms with Crippen LogP contribution in [0.1, 0.15) is 25.0 Å². The molecule has 0 aliphatic rings. The number of nitrogens with one attached hydrogen (secondary N) is 1. The number of hydrogen-bond donors (Lipinski definition) is 2. The largest absolute Gasteiger partial charge is 0.412 e. The molecule has 0 aromatic heterocycles. The zero-order chi connectivity index (χ0) is 12.3. The molecule has 0 unspecified atom stereocenters. The van der Waals surface area contributed by atoms with Crippen molar-refractivity contribution in [2.24, 2.45) is 5.73 Å². The summed E-state index contributed by atoms with van der Waals surface area (Å²) in [7, 11) is 1.52. The Morgan fingerprint density at radius 1 is 1.44 bits per heavy atom. The van der Waals surface area contributed by atoms with Crippen molar-refractivity contribution in [1.29, 1.82) is 0 Å². The maximum Gasteiger partial charge on any atom is 0.412 e. The van der Waals surface area contributed by atoms with E-state index in [1.54, 1.807) is 6.07 Å². The predicted molar refractivity (Wildman–Crippen MR) is 63.5 cm³/mol. The van der Waals surface area contributed by atoms with Gasteiger partial charge in [0.05, 0.1) is 0 Å². The molecule has 4 nitrogen and oxygen atoms in total. The van der Waals surface area contributed by atoms with Gasteiger partial charge in [-0.1, -0.05) is 17.7 Å². The molecule has 0 saturated carbocycles. The van der Waals surface area contributed by atoms with Gasteiger partial charge in [0, 0.05) is 18.2 Å². The van der Waals surface area contributed by atoms with Crippen LogP contribution in [0, 0.1) is 6.92 Å². The summed E-state index contributed by atoms with van der Waals surface area (Å²) in [6, 6.07) is 5.57. The maximum atomic E-state index is 11.2. The van der Waals surface area contributed by atoms with Crippen molar-refractivity contribution >= 4 is 6.09 Å². The van der Waals surface area contributed by atoms with Gasteiger partial charge in [0.15, 0.2) is 0 Å². The first-order valence-corrected chi connectivity index (χ1v) is 5.14. The van der Waals surface area contributed by atoms with Crippen molar-refractivity contribution < 1.29 is 9.53 Å². The van der Waals surface area contributed by atoms with Crippen LogP contribution in [-0.4, -0.2) is 13.1 Å². The molecule has 1 rings (SSSR count). The molecule has 1 aromatic carbocycles. The molecule has 88 valence electrons. The molecular formula is C12H18N2O2. The van der Waals surface area contributed by atoms with Crippen molar-refractivity contribution in [3.63, 3.8) is 0 Å². The van der Waals surface area contributed by atoms with E-state index in [-0.39, 0.29) is 0 Å². The van der Waals surface area contributed by atoms with Crippen LogP contribution in [-0.2, 0) is 5.54 Å². The molecule has 0 atom stereocenters. The predicted octanol–water partition coefficient (Wildman–Crippen LogP) is 1.91. The van der Waals surface area contributed by atoms with E-state index >= 15 is 0 Å². The molecule has 1 amide bonds. The first-order valence-electron chi connectivity index (χ1n) is 5.14. The van der Waals surface area contributed by atoms with Gasteiger partial charge in [0.25, 0.3) is 0 Å². The van der Waals surface area contributed by atoms with Crippen molar-refractivity contribution in [1.82, 2.24) is 5.32 Å². The van der Waals surface area contributed by atoms with Crippen LogP contribution in [0.15, 0.2) is 18.2 Å². The monoisotopic (exact) mass is 222 g/mol. The highest BCUT2D eigenvalue weighted by Gasteiger charge is 2.20. The number of aryl methyl sites for hydroxylation is 1. The Labute approximate surface area is 95.8 Å². The number of carbonyl (C=O) groups is 1. The second kappa shape index (κ2) is 4.53. The zero-order valence-corrected chi connectivity index (χ0v) is 10.1. The highest BCUT2D eigenvalue weighted by atomic mass is 16.6. The number of ether oxygens (including phenoxy) is 1. The Bertz CT molecular complexity index is 394. The van der Waals surface area contributed by atoms with Gasteiger partial charge in [-0.05, 0) is 26.8 Å². The quantitative estimate of drug-likeness (QED) is 0.803. The van der Waals surface area contributed by atoms with Crippen LogP contribution in [0.25, 0.3) is 0 Å². The summed E-state index contributed by atoms with van der Waals surface area (Å²) in [5.41, 5.74) is 7.38. The molecule has 16 heavy (non-hydrogen) atoms. The van der Waals surface area contributed by atoms with Gasteiger partial charge in [-0.25, -0.2) is 4.79 Å². The Morgan fingerprint density at radius 2 is 2.06 bits per heavy atom. The number of benzene rings is 1. The second-order valence-corrected chi connectivity index (χ2v) is 4.36. The van der Waals surface area contributed by atoms with E-state index in [0.29, 0.717) is 5.75 Å². The normalized spacial score (nSPS) is 11.1. The van der Waals surface area contributed by atoms with Crippen LogP contribution in [0.5, 0.6) is 5.75 Å². The topological polar surface area (TPSA) is 64.3 Å². The van der Waals surface area contributed by atoms with Crippen LogP contribution in [0.4, 0.5) is 4.79 Å². The average Bonchev–Trinajstić information content (AvgIpc) is 2.19. The molecular weight excluding hydrogens is 204 g/mol. The van der Waals surface area contributed by atoms with Crippen molar-refractivity contribution in [3.8, 4) is 5.75 Å². The fourth-order valence-corrected chi connectivity index (χ4v) is 1.39. The lowest BCUT2D eigenvalue weighted by atomic mass is 9.93. The molecule has 0 radical (unpaired) electrons. The Kier molecular flexibility index (Phi) is 3.55. The molecule has 0 aliphatic heterocycles. The summed E-state index contributed by atoms with van der Waals surface area (Å²) in [5.74, 6) is 0.498. The molecule has 0 heterocycles. The number of hydrogen-bond acceptors (Lipinski definition) is 3. The minimum Gasteiger partial charge on any atom is -0.410 e. The van der Waals surface area contributed by atoms with Gasteiger partial charge < -0.3 is 15.8 Å². The Morgan fingerprint density at radius 3 is 2.56 bits per heavy atom. The van der Waals surface area contributed by atoms with Gasteiger partial charge in [-0.15, -0.1) is 0 Å². The summed E-state index contributed by atoms with van der Waals surface area (Å²) in [4.78, 5) is 11.2. The fraction of sp³-hybridized carbons (Fsp3) is 0.417. The molecule has 0 saturated heterocycles. The van der Waals surface area contributed by atoms with Gasteiger partial charge in [-0.3, -0.25) is 0 Å². The first kappa shape index (κ1) is 12.5. The number of rotatable bonds is 2. The maximum absolute atomic E-state index is 11.2. The Balaban J connectivity index is 3.13. The van der Waals surface area contributed by atoms with Crippen molar-refractivity contribution in [2.45, 2.75) is 26.3 Å². The van der Waals surface area contributed by atoms with E-state index in [1.165, 1.54) is 7.05 Å². The van der Waals surface area contributed by atoms with Crippen molar-refractivity contribution in [2.75, 3.05) is 7.05 Å². The van der Waals surface area contributed by atoms with Gasteiger partial charge in [0.2, 0.25) is 0 Å². The summed E-state index contributed by atoms with van der Waals surface area (Å²) in [6.07, 6.45) is -0.491. The van der Waals surface area contributed by atoms with E-state index in [9.17, 15) is 4.79 Å². The third-order valence-corrected chi connectivity index (χ3v) is 2.24. The molecule has 0 fully saturated rings. The molecule has 0 spiro atoms. The SMILES string of the molecule is CNC(=O)Oc1ccc(C)cc1C(C)(C)N. The highest BCUT2D eigenvalue weighted by molar-refractivity contribution is 5.70. The molecule has 0 aliphatic carbocycles. The molecule has 0 bridgehead atoms. The van der Waals surface area contributed by atoms with E-state index in [4.69, 9.17) is 10.5 Å². The van der Waals surface area contributed by atoms with E-state index in [1.807, 2.05) is 32.9 Å². The summed E-state index contributed by atoms with van der Waals surface area (Å²) in [5, 5.41) is 2.40. The average molecular weight is 222 g/mol. The second-order valence-electron chi connectivity index (χ2n) is 4.36. The number of nitrogens with two attached hydrogens (primary N) is 1. The third-order valence-electron chi connectivity index (χ3n) is 2.24. The van der Waals surface area contributed by atoms with Crippen molar-refractivity contribution in [3.05, 3.63) is 29.3 Å². The van der Waals surface area contributed by atoms with Crippen LogP contribution in [0.2, 0.25) is 0 Å². The number of amides is 1. The lowest BCUT2D eigenvalue weighted by Crippen LogP contribution is -2.31. The Hall–Kier alpha value is -1.55.